The van der Waals surface area contributed by atoms with Crippen LogP contribution in [0.1, 0.15) is 18.5 Å². The first-order chi connectivity index (χ1) is 12.1. The number of rotatable bonds is 4. The highest BCUT2D eigenvalue weighted by atomic mass is 35.5. The average molecular weight is 376 g/mol. The Bertz CT molecular complexity index is 717. The van der Waals surface area contributed by atoms with E-state index >= 15 is 0 Å². The van der Waals surface area contributed by atoms with Crippen molar-refractivity contribution in [3.05, 3.63) is 59.1 Å². The van der Waals surface area contributed by atoms with E-state index in [9.17, 15) is 0 Å². The van der Waals surface area contributed by atoms with Crippen molar-refractivity contribution >= 4 is 40.3 Å². The van der Waals surface area contributed by atoms with Gasteiger partial charge >= 0.3 is 0 Å². The van der Waals surface area contributed by atoms with E-state index in [2.05, 4.69) is 46.7 Å². The molecule has 1 aliphatic rings. The lowest BCUT2D eigenvalue weighted by Gasteiger charge is -2.29. The molecule has 2 aromatic rings. The molecule has 1 heterocycles. The van der Waals surface area contributed by atoms with Crippen LogP contribution in [0, 0.1) is 0 Å². The lowest BCUT2D eigenvalue weighted by molar-refractivity contribution is 0.122. The third-order valence-corrected chi connectivity index (χ3v) is 4.79. The molecule has 0 spiro atoms. The third kappa shape index (κ3) is 4.84. The van der Waals surface area contributed by atoms with Gasteiger partial charge in [-0.2, -0.15) is 0 Å². The Kier molecular flexibility index (Phi) is 6.13. The molecule has 1 aliphatic heterocycles. The van der Waals surface area contributed by atoms with Gasteiger partial charge in [0, 0.05) is 18.8 Å². The van der Waals surface area contributed by atoms with E-state index in [0.717, 1.165) is 32.0 Å². The number of ether oxygens (including phenoxy) is 1. The number of para-hydroxylation sites is 1. The van der Waals surface area contributed by atoms with Crippen molar-refractivity contribution < 1.29 is 4.74 Å². The Morgan fingerprint density at radius 2 is 1.80 bits per heavy atom. The maximum Gasteiger partial charge on any atom is 0.171 e. The Morgan fingerprint density at radius 3 is 2.48 bits per heavy atom. The van der Waals surface area contributed by atoms with E-state index < -0.39 is 0 Å². The number of thiocarbonyl (C=S) groups is 1. The summed E-state index contributed by atoms with van der Waals surface area (Å²) < 4.78 is 5.40. The summed E-state index contributed by atoms with van der Waals surface area (Å²) in [5, 5.41) is 7.64. The summed E-state index contributed by atoms with van der Waals surface area (Å²) in [6.07, 6.45) is 0. The Hall–Kier alpha value is -1.82. The second-order valence-corrected chi connectivity index (χ2v) is 6.81. The van der Waals surface area contributed by atoms with Gasteiger partial charge in [-0.1, -0.05) is 35.9 Å². The lowest BCUT2D eigenvalue weighted by atomic mass is 10.1. The summed E-state index contributed by atoms with van der Waals surface area (Å²) in [5.74, 6) is 0. The van der Waals surface area contributed by atoms with E-state index in [1.54, 1.807) is 0 Å². The fourth-order valence-electron chi connectivity index (χ4n) is 2.80. The minimum atomic E-state index is 0.0984. The van der Waals surface area contributed by atoms with Crippen molar-refractivity contribution in [3.63, 3.8) is 0 Å². The van der Waals surface area contributed by atoms with Gasteiger partial charge in [-0.15, -0.1) is 0 Å². The molecule has 0 aliphatic carbocycles. The first-order valence-electron chi connectivity index (χ1n) is 8.38. The van der Waals surface area contributed by atoms with E-state index in [1.165, 1.54) is 11.3 Å². The largest absolute Gasteiger partial charge is 0.378 e. The summed E-state index contributed by atoms with van der Waals surface area (Å²) in [4.78, 5) is 2.34. The molecule has 6 heteroatoms. The number of anilines is 2. The molecule has 1 fully saturated rings. The van der Waals surface area contributed by atoms with Crippen LogP contribution in [0.5, 0.6) is 0 Å². The van der Waals surface area contributed by atoms with Crippen LogP contribution >= 0.6 is 23.8 Å². The maximum absolute atomic E-state index is 6.15. The number of hydrogen-bond donors (Lipinski definition) is 2. The number of nitrogens with zero attached hydrogens (tertiary/aromatic N) is 1. The molecular weight excluding hydrogens is 354 g/mol. The second-order valence-electron chi connectivity index (χ2n) is 5.99. The van der Waals surface area contributed by atoms with Crippen molar-refractivity contribution in [1.29, 1.82) is 0 Å². The van der Waals surface area contributed by atoms with Crippen LogP contribution in [0.15, 0.2) is 48.5 Å². The maximum atomic E-state index is 6.15. The second kappa shape index (κ2) is 8.52. The normalized spacial score (nSPS) is 15.5. The van der Waals surface area contributed by atoms with E-state index in [0.29, 0.717) is 10.1 Å². The van der Waals surface area contributed by atoms with Crippen molar-refractivity contribution in [2.24, 2.45) is 0 Å². The molecule has 4 nitrogen and oxygen atoms in total. The van der Waals surface area contributed by atoms with Crippen LogP contribution in [0.25, 0.3) is 0 Å². The molecule has 3 rings (SSSR count). The van der Waals surface area contributed by atoms with Crippen LogP contribution in [0.2, 0.25) is 5.02 Å². The van der Waals surface area contributed by atoms with E-state index in [-0.39, 0.29) is 6.04 Å². The average Bonchev–Trinajstić information content (AvgIpc) is 2.64. The molecule has 1 atom stereocenters. The predicted octanol–water partition coefficient (Wildman–Crippen LogP) is 4.22. The van der Waals surface area contributed by atoms with Gasteiger partial charge in [0.25, 0.3) is 0 Å². The highest BCUT2D eigenvalue weighted by Gasteiger charge is 2.12. The quantitative estimate of drug-likeness (QED) is 0.782. The number of benzene rings is 2. The minimum absolute atomic E-state index is 0.0984. The summed E-state index contributed by atoms with van der Waals surface area (Å²) in [5.41, 5.74) is 3.22. The summed E-state index contributed by atoms with van der Waals surface area (Å²) >= 11 is 11.5. The monoisotopic (exact) mass is 375 g/mol. The van der Waals surface area contributed by atoms with Gasteiger partial charge in [-0.25, -0.2) is 0 Å². The van der Waals surface area contributed by atoms with Gasteiger partial charge in [-0.3, -0.25) is 0 Å². The molecule has 2 aromatic carbocycles. The van der Waals surface area contributed by atoms with Crippen LogP contribution in [-0.2, 0) is 4.74 Å². The fourth-order valence-corrected chi connectivity index (χ4v) is 3.27. The first kappa shape index (κ1) is 18.0. The number of hydrogen-bond acceptors (Lipinski definition) is 3. The zero-order valence-corrected chi connectivity index (χ0v) is 15.7. The van der Waals surface area contributed by atoms with Gasteiger partial charge in [-0.05, 0) is 49.0 Å². The predicted molar refractivity (Wildman–Crippen MR) is 109 cm³/mol. The van der Waals surface area contributed by atoms with Crippen LogP contribution in [0.4, 0.5) is 11.4 Å². The van der Waals surface area contributed by atoms with Crippen molar-refractivity contribution in [2.75, 3.05) is 36.5 Å². The highest BCUT2D eigenvalue weighted by Crippen LogP contribution is 2.22. The first-order valence-corrected chi connectivity index (χ1v) is 9.17. The van der Waals surface area contributed by atoms with Crippen molar-refractivity contribution in [3.8, 4) is 0 Å². The molecule has 132 valence electrons. The summed E-state index contributed by atoms with van der Waals surface area (Å²) in [7, 11) is 0. The van der Waals surface area contributed by atoms with Gasteiger partial charge in [0.1, 0.15) is 0 Å². The standard InChI is InChI=1S/C19H22ClN3OS/c1-14(21-19(25)22-18-5-3-2-4-17(18)20)15-6-8-16(9-7-15)23-10-12-24-13-11-23/h2-9,14H,10-13H2,1H3,(H2,21,22,25)/t14-/m0/s1. The minimum Gasteiger partial charge on any atom is -0.378 e. The van der Waals surface area contributed by atoms with Gasteiger partial charge in [0.05, 0.1) is 30.0 Å². The molecule has 0 amide bonds. The molecule has 0 radical (unpaired) electrons. The Labute approximate surface area is 159 Å². The van der Waals surface area contributed by atoms with Crippen LogP contribution < -0.4 is 15.5 Å². The summed E-state index contributed by atoms with van der Waals surface area (Å²) in [6, 6.07) is 16.2. The zero-order valence-electron chi connectivity index (χ0n) is 14.2. The molecule has 0 aromatic heterocycles. The van der Waals surface area contributed by atoms with E-state index in [1.807, 2.05) is 24.3 Å². The van der Waals surface area contributed by atoms with Crippen molar-refractivity contribution in [1.82, 2.24) is 5.32 Å². The van der Waals surface area contributed by atoms with E-state index in [4.69, 9.17) is 28.6 Å². The van der Waals surface area contributed by atoms with Crippen molar-refractivity contribution in [2.45, 2.75) is 13.0 Å². The highest BCUT2D eigenvalue weighted by molar-refractivity contribution is 7.80. The van der Waals surface area contributed by atoms with Gasteiger partial charge < -0.3 is 20.3 Å². The molecule has 1 saturated heterocycles. The molecule has 25 heavy (non-hydrogen) atoms. The Morgan fingerprint density at radius 1 is 1.12 bits per heavy atom. The van der Waals surface area contributed by atoms with Gasteiger partial charge in [0.15, 0.2) is 5.11 Å². The third-order valence-electron chi connectivity index (χ3n) is 4.24. The molecule has 0 saturated carbocycles. The van der Waals surface area contributed by atoms with Crippen LogP contribution in [0.3, 0.4) is 0 Å². The molecule has 0 unspecified atom stereocenters. The summed E-state index contributed by atoms with van der Waals surface area (Å²) in [6.45, 7) is 5.56. The van der Waals surface area contributed by atoms with Gasteiger partial charge in [0.2, 0.25) is 0 Å². The SMILES string of the molecule is C[C@H](NC(=S)Nc1ccccc1Cl)c1ccc(N2CCOCC2)cc1. The fraction of sp³-hybridized carbons (Fsp3) is 0.316. The topological polar surface area (TPSA) is 36.5 Å². The lowest BCUT2D eigenvalue weighted by Crippen LogP contribution is -2.36. The molecular formula is C19H22ClN3OS. The number of halogens is 1. The zero-order chi connectivity index (χ0) is 17.6. The Balaban J connectivity index is 1.58. The number of nitrogens with one attached hydrogen (secondary N) is 2. The number of morpholine rings is 1. The molecule has 2 N–H and O–H groups in total. The smallest absolute Gasteiger partial charge is 0.171 e. The van der Waals surface area contributed by atoms with Crippen LogP contribution in [-0.4, -0.2) is 31.4 Å². The molecule has 0 bridgehead atoms.